The summed E-state index contributed by atoms with van der Waals surface area (Å²) in [5, 5.41) is 2.80. The number of ether oxygens (including phenoxy) is 1. The fraction of sp³-hybridized carbons (Fsp3) is 0.692. The summed E-state index contributed by atoms with van der Waals surface area (Å²) in [6, 6.07) is 0.337. The van der Waals surface area contributed by atoms with E-state index >= 15 is 0 Å². The monoisotopic (exact) mass is 266 g/mol. The SMILES string of the molecule is Cn1cnc(C(=O)NCCOC2CCC(N)CC2)c1. The Labute approximate surface area is 113 Å². The van der Waals surface area contributed by atoms with E-state index in [2.05, 4.69) is 10.3 Å². The van der Waals surface area contributed by atoms with Crippen LogP contribution in [0.4, 0.5) is 0 Å². The second kappa shape index (κ2) is 6.68. The summed E-state index contributed by atoms with van der Waals surface area (Å²) in [4.78, 5) is 15.7. The minimum atomic E-state index is -0.158. The standard InChI is InChI=1S/C13H22N4O2/c1-17-8-12(16-9-17)13(18)15-6-7-19-11-4-2-10(14)3-5-11/h8-11H,2-7,14H2,1H3,(H,15,18). The molecule has 0 unspecified atom stereocenters. The van der Waals surface area contributed by atoms with Crippen molar-refractivity contribution in [3.63, 3.8) is 0 Å². The van der Waals surface area contributed by atoms with Crippen LogP contribution in [0, 0.1) is 0 Å². The fourth-order valence-electron chi connectivity index (χ4n) is 2.27. The molecule has 0 spiro atoms. The number of hydrogen-bond donors (Lipinski definition) is 2. The molecule has 0 aromatic carbocycles. The molecule has 1 saturated carbocycles. The second-order valence-electron chi connectivity index (χ2n) is 5.09. The van der Waals surface area contributed by atoms with Gasteiger partial charge in [-0.1, -0.05) is 0 Å². The van der Waals surface area contributed by atoms with Gasteiger partial charge in [-0.15, -0.1) is 0 Å². The zero-order valence-electron chi connectivity index (χ0n) is 11.3. The van der Waals surface area contributed by atoms with Crippen LogP contribution >= 0.6 is 0 Å². The predicted molar refractivity (Wildman–Crippen MR) is 71.7 cm³/mol. The number of carbonyl (C=O) groups is 1. The van der Waals surface area contributed by atoms with Gasteiger partial charge in [0.05, 0.1) is 19.0 Å². The van der Waals surface area contributed by atoms with Crippen molar-refractivity contribution in [3.8, 4) is 0 Å². The van der Waals surface area contributed by atoms with Crippen LogP contribution in [0.3, 0.4) is 0 Å². The summed E-state index contributed by atoms with van der Waals surface area (Å²) >= 11 is 0. The summed E-state index contributed by atoms with van der Waals surface area (Å²) in [6.45, 7) is 1.05. The molecular formula is C13H22N4O2. The van der Waals surface area contributed by atoms with Gasteiger partial charge >= 0.3 is 0 Å². The van der Waals surface area contributed by atoms with E-state index in [1.165, 1.54) is 0 Å². The van der Waals surface area contributed by atoms with Gasteiger partial charge in [-0.3, -0.25) is 4.79 Å². The van der Waals surface area contributed by atoms with E-state index in [0.717, 1.165) is 25.7 Å². The fourth-order valence-corrected chi connectivity index (χ4v) is 2.27. The molecule has 0 saturated heterocycles. The molecule has 19 heavy (non-hydrogen) atoms. The van der Waals surface area contributed by atoms with Crippen molar-refractivity contribution in [1.82, 2.24) is 14.9 Å². The molecular weight excluding hydrogens is 244 g/mol. The Hall–Kier alpha value is -1.40. The highest BCUT2D eigenvalue weighted by Gasteiger charge is 2.18. The minimum Gasteiger partial charge on any atom is -0.376 e. The third-order valence-electron chi connectivity index (χ3n) is 3.40. The average molecular weight is 266 g/mol. The van der Waals surface area contributed by atoms with Gasteiger partial charge in [-0.25, -0.2) is 4.98 Å². The maximum atomic E-state index is 11.7. The summed E-state index contributed by atoms with van der Waals surface area (Å²) < 4.78 is 7.47. The molecule has 1 aliphatic rings. The number of aromatic nitrogens is 2. The van der Waals surface area contributed by atoms with Crippen LogP contribution in [0.15, 0.2) is 12.5 Å². The number of nitrogens with one attached hydrogen (secondary N) is 1. The van der Waals surface area contributed by atoms with Crippen LogP contribution in [-0.2, 0) is 11.8 Å². The van der Waals surface area contributed by atoms with Gasteiger partial charge < -0.3 is 20.4 Å². The van der Waals surface area contributed by atoms with Crippen molar-refractivity contribution in [2.75, 3.05) is 13.2 Å². The van der Waals surface area contributed by atoms with E-state index in [1.54, 1.807) is 17.1 Å². The van der Waals surface area contributed by atoms with Crippen molar-refractivity contribution in [2.45, 2.75) is 37.8 Å². The topological polar surface area (TPSA) is 82.2 Å². The van der Waals surface area contributed by atoms with E-state index < -0.39 is 0 Å². The van der Waals surface area contributed by atoms with Crippen LogP contribution in [-0.4, -0.2) is 40.8 Å². The second-order valence-corrected chi connectivity index (χ2v) is 5.09. The molecule has 0 atom stereocenters. The van der Waals surface area contributed by atoms with Crippen LogP contribution in [0.5, 0.6) is 0 Å². The van der Waals surface area contributed by atoms with Crippen molar-refractivity contribution >= 4 is 5.91 Å². The van der Waals surface area contributed by atoms with Gasteiger partial charge in [0.25, 0.3) is 5.91 Å². The van der Waals surface area contributed by atoms with Crippen LogP contribution < -0.4 is 11.1 Å². The summed E-state index contributed by atoms with van der Waals surface area (Å²) in [5.74, 6) is -0.158. The lowest BCUT2D eigenvalue weighted by Gasteiger charge is -2.26. The van der Waals surface area contributed by atoms with E-state index in [9.17, 15) is 4.79 Å². The molecule has 6 heteroatoms. The Morgan fingerprint density at radius 1 is 1.53 bits per heavy atom. The highest BCUT2D eigenvalue weighted by Crippen LogP contribution is 2.19. The molecule has 6 nitrogen and oxygen atoms in total. The van der Waals surface area contributed by atoms with Gasteiger partial charge in [0, 0.05) is 25.8 Å². The first-order chi connectivity index (χ1) is 9.15. The Bertz CT molecular complexity index is 411. The first-order valence-electron chi connectivity index (χ1n) is 6.78. The van der Waals surface area contributed by atoms with Gasteiger partial charge in [0.15, 0.2) is 0 Å². The zero-order valence-corrected chi connectivity index (χ0v) is 11.3. The van der Waals surface area contributed by atoms with E-state index in [-0.39, 0.29) is 5.91 Å². The molecule has 1 aromatic rings. The quantitative estimate of drug-likeness (QED) is 0.757. The largest absolute Gasteiger partial charge is 0.376 e. The summed E-state index contributed by atoms with van der Waals surface area (Å²) in [6.07, 6.45) is 7.71. The van der Waals surface area contributed by atoms with E-state index in [0.29, 0.717) is 31.0 Å². The Morgan fingerprint density at radius 3 is 2.89 bits per heavy atom. The Morgan fingerprint density at radius 2 is 2.26 bits per heavy atom. The highest BCUT2D eigenvalue weighted by atomic mass is 16.5. The molecule has 3 N–H and O–H groups in total. The lowest BCUT2D eigenvalue weighted by Crippen LogP contribution is -2.33. The molecule has 0 radical (unpaired) electrons. The number of nitrogens with zero attached hydrogens (tertiary/aromatic N) is 2. The lowest BCUT2D eigenvalue weighted by molar-refractivity contribution is 0.0267. The number of hydrogen-bond acceptors (Lipinski definition) is 4. The smallest absolute Gasteiger partial charge is 0.271 e. The van der Waals surface area contributed by atoms with Gasteiger partial charge in [0.1, 0.15) is 5.69 Å². The van der Waals surface area contributed by atoms with E-state index in [4.69, 9.17) is 10.5 Å². The maximum absolute atomic E-state index is 11.7. The first-order valence-corrected chi connectivity index (χ1v) is 6.78. The normalized spacial score (nSPS) is 23.3. The minimum absolute atomic E-state index is 0.158. The molecule has 0 aliphatic heterocycles. The molecule has 1 aromatic heterocycles. The summed E-state index contributed by atoms with van der Waals surface area (Å²) in [5.41, 5.74) is 6.27. The van der Waals surface area contributed by atoms with E-state index in [1.807, 2.05) is 7.05 Å². The van der Waals surface area contributed by atoms with Crippen molar-refractivity contribution in [3.05, 3.63) is 18.2 Å². The van der Waals surface area contributed by atoms with Crippen LogP contribution in [0.2, 0.25) is 0 Å². The molecule has 1 aliphatic carbocycles. The molecule has 1 fully saturated rings. The van der Waals surface area contributed by atoms with Crippen LogP contribution in [0.1, 0.15) is 36.2 Å². The van der Waals surface area contributed by atoms with Crippen molar-refractivity contribution < 1.29 is 9.53 Å². The third-order valence-corrected chi connectivity index (χ3v) is 3.40. The Balaban J connectivity index is 1.60. The Kier molecular flexibility index (Phi) is 4.93. The highest BCUT2D eigenvalue weighted by molar-refractivity contribution is 5.91. The number of carbonyl (C=O) groups excluding carboxylic acids is 1. The van der Waals surface area contributed by atoms with Crippen LogP contribution in [0.25, 0.3) is 0 Å². The van der Waals surface area contributed by atoms with Gasteiger partial charge in [-0.2, -0.15) is 0 Å². The molecule has 106 valence electrons. The zero-order chi connectivity index (χ0) is 13.7. The lowest BCUT2D eigenvalue weighted by atomic mass is 9.94. The number of nitrogens with two attached hydrogens (primary N) is 1. The van der Waals surface area contributed by atoms with Crippen molar-refractivity contribution in [2.24, 2.45) is 12.8 Å². The number of aryl methyl sites for hydroxylation is 1. The number of amides is 1. The third kappa shape index (κ3) is 4.33. The molecule has 0 bridgehead atoms. The average Bonchev–Trinajstić information content (AvgIpc) is 2.83. The van der Waals surface area contributed by atoms with Crippen molar-refractivity contribution in [1.29, 1.82) is 0 Å². The maximum Gasteiger partial charge on any atom is 0.271 e. The van der Waals surface area contributed by atoms with Gasteiger partial charge in [0.2, 0.25) is 0 Å². The molecule has 1 amide bonds. The first kappa shape index (κ1) is 14.0. The molecule has 2 rings (SSSR count). The predicted octanol–water partition coefficient (Wildman–Crippen LogP) is 0.436. The number of rotatable bonds is 5. The number of imidazole rings is 1. The van der Waals surface area contributed by atoms with Gasteiger partial charge in [-0.05, 0) is 25.7 Å². The summed E-state index contributed by atoms with van der Waals surface area (Å²) in [7, 11) is 1.83. The molecule has 1 heterocycles.